The second-order valence-electron chi connectivity index (χ2n) is 3.28. The van der Waals surface area contributed by atoms with Crippen LogP contribution in [0.1, 0.15) is 12.0 Å². The third kappa shape index (κ3) is 1.85. The van der Waals surface area contributed by atoms with Crippen LogP contribution in [-0.2, 0) is 6.42 Å². The van der Waals surface area contributed by atoms with Gasteiger partial charge in [-0.3, -0.25) is 0 Å². The molecule has 1 heterocycles. The Labute approximate surface area is 85.5 Å². The minimum Gasteiger partial charge on any atom is -0.382 e. The molecule has 70 valence electrons. The average Bonchev–Trinajstić information content (AvgIpc) is 2.30. The number of anilines is 1. The number of fused-ring (bicyclic) bond motifs is 1. The van der Waals surface area contributed by atoms with E-state index in [1.54, 1.807) is 0 Å². The van der Waals surface area contributed by atoms with Crippen LogP contribution in [0.25, 0.3) is 0 Å². The summed E-state index contributed by atoms with van der Waals surface area (Å²) >= 11 is 3.47. The molecule has 1 atom stereocenters. The number of nitrogens with one attached hydrogen (secondary N) is 1. The molecule has 2 rings (SSSR count). The van der Waals surface area contributed by atoms with E-state index < -0.39 is 6.17 Å². The van der Waals surface area contributed by atoms with Gasteiger partial charge in [0.2, 0.25) is 0 Å². The zero-order chi connectivity index (χ0) is 9.26. The predicted molar refractivity (Wildman–Crippen MR) is 55.8 cm³/mol. The lowest BCUT2D eigenvalue weighted by atomic mass is 10.1. The topological polar surface area (TPSA) is 12.0 Å². The van der Waals surface area contributed by atoms with Crippen LogP contribution in [0.15, 0.2) is 22.7 Å². The molecule has 1 unspecified atom stereocenters. The zero-order valence-corrected chi connectivity index (χ0v) is 8.77. The largest absolute Gasteiger partial charge is 0.382 e. The van der Waals surface area contributed by atoms with Crippen molar-refractivity contribution < 1.29 is 4.39 Å². The highest BCUT2D eigenvalue weighted by atomic mass is 79.9. The smallest absolute Gasteiger partial charge is 0.118 e. The van der Waals surface area contributed by atoms with Gasteiger partial charge in [-0.25, -0.2) is 4.39 Å². The van der Waals surface area contributed by atoms with Gasteiger partial charge in [0.1, 0.15) is 6.17 Å². The number of hydrogen-bond acceptors (Lipinski definition) is 1. The van der Waals surface area contributed by atoms with E-state index in [0.717, 1.165) is 16.6 Å². The lowest BCUT2D eigenvalue weighted by molar-refractivity contribution is 0.333. The molecule has 0 saturated carbocycles. The summed E-state index contributed by atoms with van der Waals surface area (Å²) in [5.41, 5.74) is 2.26. The lowest BCUT2D eigenvalue weighted by Crippen LogP contribution is -2.12. The van der Waals surface area contributed by atoms with Gasteiger partial charge in [0.05, 0.1) is 0 Å². The Kier molecular flexibility index (Phi) is 2.54. The summed E-state index contributed by atoms with van der Waals surface area (Å²) < 4.78 is 14.1. The Balaban J connectivity index is 2.35. The van der Waals surface area contributed by atoms with Crippen LogP contribution < -0.4 is 5.32 Å². The Hall–Kier alpha value is -0.570. The number of halogens is 2. The van der Waals surface area contributed by atoms with Crippen molar-refractivity contribution in [2.24, 2.45) is 0 Å². The fourth-order valence-electron chi connectivity index (χ4n) is 1.60. The first-order valence-electron chi connectivity index (χ1n) is 4.42. The van der Waals surface area contributed by atoms with E-state index in [1.807, 2.05) is 18.2 Å². The molecule has 0 spiro atoms. The van der Waals surface area contributed by atoms with Crippen LogP contribution in [0.5, 0.6) is 0 Å². The summed E-state index contributed by atoms with van der Waals surface area (Å²) in [5.74, 6) is 0. The van der Waals surface area contributed by atoms with Crippen molar-refractivity contribution in [2.45, 2.75) is 19.0 Å². The molecule has 0 aromatic heterocycles. The third-order valence-corrected chi connectivity index (χ3v) is 3.08. The van der Waals surface area contributed by atoms with Crippen LogP contribution in [-0.4, -0.2) is 12.7 Å². The van der Waals surface area contributed by atoms with Crippen molar-refractivity contribution in [3.05, 3.63) is 28.2 Å². The third-order valence-electron chi connectivity index (χ3n) is 2.34. The fourth-order valence-corrected chi connectivity index (χ4v) is 2.17. The van der Waals surface area contributed by atoms with Crippen LogP contribution in [0.2, 0.25) is 0 Å². The summed E-state index contributed by atoms with van der Waals surface area (Å²) in [5, 5.41) is 3.11. The molecular weight excluding hydrogens is 233 g/mol. The normalized spacial score (nSPS) is 21.5. The van der Waals surface area contributed by atoms with E-state index in [1.165, 1.54) is 5.56 Å². The summed E-state index contributed by atoms with van der Waals surface area (Å²) in [6.07, 6.45) is 0.701. The van der Waals surface area contributed by atoms with Gasteiger partial charge in [-0.2, -0.15) is 0 Å². The highest BCUT2D eigenvalue weighted by Crippen LogP contribution is 2.28. The van der Waals surface area contributed by atoms with E-state index in [4.69, 9.17) is 0 Å². The molecule has 0 bridgehead atoms. The van der Waals surface area contributed by atoms with Gasteiger partial charge in [-0.05, 0) is 30.5 Å². The molecule has 0 aliphatic carbocycles. The second kappa shape index (κ2) is 3.66. The molecule has 1 nitrogen and oxygen atoms in total. The van der Waals surface area contributed by atoms with Crippen LogP contribution in [0.4, 0.5) is 10.1 Å². The Bertz CT molecular complexity index is 314. The van der Waals surface area contributed by atoms with Gasteiger partial charge < -0.3 is 5.32 Å². The van der Waals surface area contributed by atoms with Crippen LogP contribution >= 0.6 is 15.9 Å². The highest BCUT2D eigenvalue weighted by molar-refractivity contribution is 9.10. The maximum absolute atomic E-state index is 13.1. The summed E-state index contributed by atoms with van der Waals surface area (Å²) in [6, 6.07) is 5.96. The first kappa shape index (κ1) is 9.00. The maximum Gasteiger partial charge on any atom is 0.118 e. The Morgan fingerprint density at radius 1 is 1.46 bits per heavy atom. The summed E-state index contributed by atoms with van der Waals surface area (Å²) in [7, 11) is 0. The van der Waals surface area contributed by atoms with Gasteiger partial charge in [0, 0.05) is 16.7 Å². The van der Waals surface area contributed by atoms with Crippen LogP contribution in [0, 0.1) is 0 Å². The van der Waals surface area contributed by atoms with E-state index in [0.29, 0.717) is 13.0 Å². The van der Waals surface area contributed by atoms with Crippen molar-refractivity contribution in [3.63, 3.8) is 0 Å². The molecule has 0 saturated heterocycles. The summed E-state index contributed by atoms with van der Waals surface area (Å²) in [4.78, 5) is 0. The van der Waals surface area contributed by atoms with Gasteiger partial charge in [-0.15, -0.1) is 0 Å². The minimum absolute atomic E-state index is 0.434. The average molecular weight is 244 g/mol. The second-order valence-corrected chi connectivity index (χ2v) is 4.14. The number of rotatable bonds is 0. The molecule has 3 heteroatoms. The lowest BCUT2D eigenvalue weighted by Gasteiger charge is -2.08. The van der Waals surface area contributed by atoms with E-state index in [-0.39, 0.29) is 0 Å². The molecule has 1 N–H and O–H groups in total. The molecule has 0 radical (unpaired) electrons. The minimum atomic E-state index is -0.723. The SMILES string of the molecule is FC1CCc2c(Br)cccc2NC1. The Morgan fingerprint density at radius 2 is 2.31 bits per heavy atom. The first-order chi connectivity index (χ1) is 6.27. The highest BCUT2D eigenvalue weighted by Gasteiger charge is 2.15. The van der Waals surface area contributed by atoms with Crippen molar-refractivity contribution in [3.8, 4) is 0 Å². The predicted octanol–water partition coefficient (Wildman–Crippen LogP) is 3.15. The quantitative estimate of drug-likeness (QED) is 0.739. The van der Waals surface area contributed by atoms with Gasteiger partial charge in [0.15, 0.2) is 0 Å². The summed E-state index contributed by atoms with van der Waals surface area (Å²) in [6.45, 7) is 0.434. The molecule has 0 amide bonds. The zero-order valence-electron chi connectivity index (χ0n) is 7.19. The first-order valence-corrected chi connectivity index (χ1v) is 5.22. The fraction of sp³-hybridized carbons (Fsp3) is 0.400. The Morgan fingerprint density at radius 3 is 3.15 bits per heavy atom. The molecule has 1 aromatic carbocycles. The molecular formula is C10H11BrFN. The van der Waals surface area contributed by atoms with Crippen LogP contribution in [0.3, 0.4) is 0 Å². The number of hydrogen-bond donors (Lipinski definition) is 1. The number of alkyl halides is 1. The standard InChI is InChI=1S/C10H11BrFN/c11-9-2-1-3-10-8(9)5-4-7(12)6-13-10/h1-3,7,13H,4-6H2. The molecule has 1 aromatic rings. The monoisotopic (exact) mass is 243 g/mol. The van der Waals surface area contributed by atoms with Gasteiger partial charge in [-0.1, -0.05) is 22.0 Å². The molecule has 1 aliphatic heterocycles. The van der Waals surface area contributed by atoms with E-state index in [9.17, 15) is 4.39 Å². The van der Waals surface area contributed by atoms with Gasteiger partial charge in [0.25, 0.3) is 0 Å². The van der Waals surface area contributed by atoms with Crippen molar-refractivity contribution in [1.82, 2.24) is 0 Å². The van der Waals surface area contributed by atoms with E-state index in [2.05, 4.69) is 21.2 Å². The molecule has 0 fully saturated rings. The van der Waals surface area contributed by atoms with Crippen molar-refractivity contribution >= 4 is 21.6 Å². The van der Waals surface area contributed by atoms with Crippen molar-refractivity contribution in [2.75, 3.05) is 11.9 Å². The molecule has 1 aliphatic rings. The van der Waals surface area contributed by atoms with Gasteiger partial charge >= 0.3 is 0 Å². The maximum atomic E-state index is 13.1. The number of benzene rings is 1. The van der Waals surface area contributed by atoms with E-state index >= 15 is 0 Å². The molecule has 13 heavy (non-hydrogen) atoms. The van der Waals surface area contributed by atoms with Crippen molar-refractivity contribution in [1.29, 1.82) is 0 Å².